The van der Waals surface area contributed by atoms with Gasteiger partial charge in [0.2, 0.25) is 0 Å². The Balaban J connectivity index is 2.97. The van der Waals surface area contributed by atoms with Gasteiger partial charge >= 0.3 is 0 Å². The van der Waals surface area contributed by atoms with Crippen LogP contribution in [-0.2, 0) is 0 Å². The van der Waals surface area contributed by atoms with Crippen molar-refractivity contribution in [2.24, 2.45) is 4.99 Å². The van der Waals surface area contributed by atoms with Gasteiger partial charge in [0.1, 0.15) is 0 Å². The number of hydrogen-bond acceptors (Lipinski definition) is 2. The van der Waals surface area contributed by atoms with Crippen LogP contribution in [0.5, 0.6) is 0 Å². The van der Waals surface area contributed by atoms with Gasteiger partial charge in [-0.05, 0) is 6.92 Å². The van der Waals surface area contributed by atoms with Crippen LogP contribution in [0.15, 0.2) is 4.99 Å². The summed E-state index contributed by atoms with van der Waals surface area (Å²) in [5, 5.41) is 0. The average Bonchev–Trinajstić information content (AvgIpc) is 1.61. The first-order chi connectivity index (χ1) is 3.27. The fourth-order valence-electron chi connectivity index (χ4n) is 0.145. The summed E-state index contributed by atoms with van der Waals surface area (Å²) in [7, 11) is 1.77. The molecule has 0 aliphatic rings. The average molecular weight is 182 g/mol. The summed E-state index contributed by atoms with van der Waals surface area (Å²) in [6.45, 7) is 2.06. The number of halogens is 1. The van der Waals surface area contributed by atoms with Crippen LogP contribution in [0, 0.1) is 0 Å². The minimum absolute atomic E-state index is 0.483. The standard InChI is InChI=1S/C4H8BrNS/c1-4(5)7-3-6-2/h3-4H,1-2H3/b6-3-. The summed E-state index contributed by atoms with van der Waals surface area (Å²) in [5.74, 6) is 0. The zero-order valence-electron chi connectivity index (χ0n) is 4.39. The van der Waals surface area contributed by atoms with E-state index in [2.05, 4.69) is 27.8 Å². The SMILES string of the molecule is C/N=C\SC(C)Br. The Morgan fingerprint density at radius 1 is 1.86 bits per heavy atom. The van der Waals surface area contributed by atoms with Crippen molar-refractivity contribution in [3.05, 3.63) is 0 Å². The molecule has 0 rings (SSSR count). The van der Waals surface area contributed by atoms with Gasteiger partial charge in [-0.1, -0.05) is 27.7 Å². The fraction of sp³-hybridized carbons (Fsp3) is 0.750. The summed E-state index contributed by atoms with van der Waals surface area (Å²) in [6, 6.07) is 0. The molecule has 0 heterocycles. The molecule has 0 aromatic carbocycles. The quantitative estimate of drug-likeness (QED) is 0.362. The summed E-state index contributed by atoms with van der Waals surface area (Å²) >= 11 is 5.00. The molecule has 1 unspecified atom stereocenters. The van der Waals surface area contributed by atoms with Crippen molar-refractivity contribution < 1.29 is 0 Å². The molecule has 1 atom stereocenters. The van der Waals surface area contributed by atoms with E-state index in [1.807, 2.05) is 5.55 Å². The molecule has 0 fully saturated rings. The Labute approximate surface area is 56.7 Å². The van der Waals surface area contributed by atoms with Crippen molar-refractivity contribution in [2.45, 2.75) is 11.1 Å². The van der Waals surface area contributed by atoms with E-state index >= 15 is 0 Å². The van der Waals surface area contributed by atoms with Crippen LogP contribution in [-0.4, -0.2) is 16.8 Å². The molecule has 0 saturated carbocycles. The van der Waals surface area contributed by atoms with E-state index in [-0.39, 0.29) is 0 Å². The summed E-state index contributed by atoms with van der Waals surface area (Å²) in [6.07, 6.45) is 0. The van der Waals surface area contributed by atoms with E-state index in [1.165, 1.54) is 0 Å². The monoisotopic (exact) mass is 181 g/mol. The molecule has 1 nitrogen and oxygen atoms in total. The Morgan fingerprint density at radius 2 is 2.43 bits per heavy atom. The normalized spacial score (nSPS) is 15.3. The van der Waals surface area contributed by atoms with E-state index in [1.54, 1.807) is 18.8 Å². The van der Waals surface area contributed by atoms with E-state index < -0.39 is 0 Å². The van der Waals surface area contributed by atoms with Crippen LogP contribution < -0.4 is 0 Å². The number of nitrogens with zero attached hydrogens (tertiary/aromatic N) is 1. The van der Waals surface area contributed by atoms with Gasteiger partial charge in [0.05, 0.1) is 9.71 Å². The highest BCUT2D eigenvalue weighted by Crippen LogP contribution is 2.12. The molecule has 0 amide bonds. The number of aliphatic imine (C=N–C) groups is 1. The molecular formula is C4H8BrNS. The molecule has 0 N–H and O–H groups in total. The minimum Gasteiger partial charge on any atom is -0.290 e. The molecular weight excluding hydrogens is 174 g/mol. The van der Waals surface area contributed by atoms with Gasteiger partial charge in [-0.2, -0.15) is 0 Å². The lowest BCUT2D eigenvalue weighted by Gasteiger charge is -1.90. The Morgan fingerprint density at radius 3 is 2.57 bits per heavy atom. The Hall–Kier alpha value is 0.500. The van der Waals surface area contributed by atoms with E-state index in [9.17, 15) is 0 Å². The van der Waals surface area contributed by atoms with Crippen molar-refractivity contribution in [1.29, 1.82) is 0 Å². The number of thioether (sulfide) groups is 1. The number of rotatable bonds is 2. The van der Waals surface area contributed by atoms with E-state index in [0.29, 0.717) is 4.16 Å². The third-order valence-corrected chi connectivity index (χ3v) is 1.71. The smallest absolute Gasteiger partial charge is 0.0628 e. The second kappa shape index (κ2) is 4.65. The van der Waals surface area contributed by atoms with Crippen molar-refractivity contribution in [3.63, 3.8) is 0 Å². The summed E-state index contributed by atoms with van der Waals surface area (Å²) in [4.78, 5) is 3.78. The number of hydrogen-bond donors (Lipinski definition) is 0. The summed E-state index contributed by atoms with van der Waals surface area (Å²) in [5.41, 5.74) is 1.82. The van der Waals surface area contributed by atoms with Crippen molar-refractivity contribution in [3.8, 4) is 0 Å². The maximum absolute atomic E-state index is 3.78. The molecule has 0 bridgehead atoms. The lowest BCUT2D eigenvalue weighted by Crippen LogP contribution is -1.77. The van der Waals surface area contributed by atoms with Crippen LogP contribution in [0.25, 0.3) is 0 Å². The second-order valence-corrected chi connectivity index (χ2v) is 4.21. The van der Waals surface area contributed by atoms with Gasteiger partial charge in [0.15, 0.2) is 0 Å². The maximum Gasteiger partial charge on any atom is 0.0628 e. The molecule has 0 aliphatic heterocycles. The molecule has 0 aliphatic carbocycles. The highest BCUT2D eigenvalue weighted by Gasteiger charge is 1.87. The van der Waals surface area contributed by atoms with Crippen molar-refractivity contribution >= 4 is 33.2 Å². The Kier molecular flexibility index (Phi) is 4.99. The third-order valence-electron chi connectivity index (χ3n) is 0.354. The van der Waals surface area contributed by atoms with E-state index in [4.69, 9.17) is 0 Å². The molecule has 0 radical (unpaired) electrons. The predicted molar refractivity (Wildman–Crippen MR) is 40.4 cm³/mol. The second-order valence-electron chi connectivity index (χ2n) is 1.04. The zero-order valence-corrected chi connectivity index (χ0v) is 6.79. The van der Waals surface area contributed by atoms with Crippen LogP contribution in [0.3, 0.4) is 0 Å². The van der Waals surface area contributed by atoms with Gasteiger partial charge in [-0.3, -0.25) is 4.99 Å². The van der Waals surface area contributed by atoms with Crippen molar-refractivity contribution in [2.75, 3.05) is 7.05 Å². The Bertz CT molecular complexity index is 62.7. The van der Waals surface area contributed by atoms with Gasteiger partial charge in [-0.25, -0.2) is 0 Å². The lowest BCUT2D eigenvalue weighted by atomic mass is 11.0. The molecule has 0 saturated heterocycles. The molecule has 0 spiro atoms. The van der Waals surface area contributed by atoms with Crippen LogP contribution in [0.2, 0.25) is 0 Å². The highest BCUT2D eigenvalue weighted by atomic mass is 79.9. The first kappa shape index (κ1) is 7.50. The lowest BCUT2D eigenvalue weighted by molar-refractivity contribution is 1.45. The van der Waals surface area contributed by atoms with Gasteiger partial charge in [0, 0.05) is 7.05 Å². The topological polar surface area (TPSA) is 12.4 Å². The molecule has 0 aromatic rings. The van der Waals surface area contributed by atoms with Gasteiger partial charge < -0.3 is 0 Å². The molecule has 0 aromatic heterocycles. The summed E-state index contributed by atoms with van der Waals surface area (Å²) < 4.78 is 0.483. The minimum atomic E-state index is 0.483. The maximum atomic E-state index is 3.78. The largest absolute Gasteiger partial charge is 0.290 e. The molecule has 7 heavy (non-hydrogen) atoms. The predicted octanol–water partition coefficient (Wildman–Crippen LogP) is 2.12. The number of alkyl halides is 1. The third kappa shape index (κ3) is 6.50. The van der Waals surface area contributed by atoms with Crippen LogP contribution >= 0.6 is 27.7 Å². The van der Waals surface area contributed by atoms with Crippen LogP contribution in [0.1, 0.15) is 6.92 Å². The van der Waals surface area contributed by atoms with Crippen LogP contribution in [0.4, 0.5) is 0 Å². The zero-order chi connectivity index (χ0) is 5.70. The van der Waals surface area contributed by atoms with E-state index in [0.717, 1.165) is 0 Å². The molecule has 42 valence electrons. The van der Waals surface area contributed by atoms with Gasteiger partial charge in [-0.15, -0.1) is 0 Å². The fourth-order valence-corrected chi connectivity index (χ4v) is 0.724. The first-order valence-corrected chi connectivity index (χ1v) is 3.83. The van der Waals surface area contributed by atoms with Gasteiger partial charge in [0.25, 0.3) is 0 Å². The van der Waals surface area contributed by atoms with Crippen molar-refractivity contribution in [1.82, 2.24) is 0 Å². The highest BCUT2D eigenvalue weighted by molar-refractivity contribution is 9.11. The molecule has 3 heteroatoms. The first-order valence-electron chi connectivity index (χ1n) is 1.97.